The molecule has 0 saturated carbocycles. The molecule has 0 unspecified atom stereocenters. The fraction of sp³-hybridized carbons (Fsp3) is 0.286. The summed E-state index contributed by atoms with van der Waals surface area (Å²) < 4.78 is 5.25. The third-order valence-electron chi connectivity index (χ3n) is 4.22. The largest absolute Gasteiger partial charge is 0.327 e. The van der Waals surface area contributed by atoms with Crippen LogP contribution in [0.2, 0.25) is 0 Å². The van der Waals surface area contributed by atoms with E-state index >= 15 is 0 Å². The molecule has 0 spiro atoms. The zero-order chi connectivity index (χ0) is 19.2. The molecule has 0 bridgehead atoms. The lowest BCUT2D eigenvalue weighted by Gasteiger charge is -2.05. The van der Waals surface area contributed by atoms with Crippen LogP contribution in [-0.2, 0) is 11.2 Å². The van der Waals surface area contributed by atoms with Crippen molar-refractivity contribution < 1.29 is 9.32 Å². The van der Waals surface area contributed by atoms with E-state index in [9.17, 15) is 4.79 Å². The maximum atomic E-state index is 12.1. The molecule has 0 atom stereocenters. The molecule has 1 heterocycles. The van der Waals surface area contributed by atoms with Crippen LogP contribution in [0.3, 0.4) is 0 Å². The number of carbonyl (C=O) groups is 1. The maximum absolute atomic E-state index is 12.1. The van der Waals surface area contributed by atoms with Crippen LogP contribution in [0.1, 0.15) is 37.8 Å². The van der Waals surface area contributed by atoms with E-state index < -0.39 is 0 Å². The number of hydrogen-bond donors (Lipinski definition) is 1. The van der Waals surface area contributed by atoms with Crippen molar-refractivity contribution >= 4 is 23.4 Å². The first-order valence-electron chi connectivity index (χ1n) is 9.00. The SMILES string of the molecule is CCc1ccc(NC(=O)CSc2nc(-c3ccc(C(C)C)cc3)no2)cc1. The van der Waals surface area contributed by atoms with Gasteiger partial charge < -0.3 is 9.84 Å². The molecule has 3 aromatic rings. The van der Waals surface area contributed by atoms with Gasteiger partial charge in [-0.1, -0.05) is 74.1 Å². The van der Waals surface area contributed by atoms with Crippen LogP contribution in [0, 0.1) is 0 Å². The Bertz CT molecular complexity index is 887. The molecule has 0 fully saturated rings. The second-order valence-electron chi connectivity index (χ2n) is 6.55. The van der Waals surface area contributed by atoms with Crippen molar-refractivity contribution in [1.29, 1.82) is 0 Å². The standard InChI is InChI=1S/C21H23N3O2S/c1-4-15-5-11-18(12-6-15)22-19(25)13-27-21-23-20(24-26-21)17-9-7-16(8-10-17)14(2)3/h5-12,14H,4,13H2,1-3H3,(H,22,25). The predicted octanol–water partition coefficient (Wildman–Crippen LogP) is 5.15. The van der Waals surface area contributed by atoms with Gasteiger partial charge in [-0.05, 0) is 35.6 Å². The molecule has 0 aliphatic carbocycles. The first kappa shape index (κ1) is 19.2. The number of rotatable bonds is 7. The number of hydrogen-bond acceptors (Lipinski definition) is 5. The Kier molecular flexibility index (Phi) is 6.29. The lowest BCUT2D eigenvalue weighted by Crippen LogP contribution is -2.13. The number of aryl methyl sites for hydroxylation is 1. The van der Waals surface area contributed by atoms with E-state index in [0.29, 0.717) is 17.0 Å². The van der Waals surface area contributed by atoms with Gasteiger partial charge in [0, 0.05) is 11.3 Å². The van der Waals surface area contributed by atoms with Crippen LogP contribution in [0.5, 0.6) is 0 Å². The summed E-state index contributed by atoms with van der Waals surface area (Å²) in [4.78, 5) is 16.5. The van der Waals surface area contributed by atoms with E-state index in [1.807, 2.05) is 36.4 Å². The van der Waals surface area contributed by atoms with E-state index in [-0.39, 0.29) is 11.7 Å². The molecule has 0 saturated heterocycles. The summed E-state index contributed by atoms with van der Waals surface area (Å²) in [5.41, 5.74) is 4.19. The molecule has 1 aromatic heterocycles. The van der Waals surface area contributed by atoms with E-state index in [2.05, 4.69) is 48.4 Å². The molecule has 0 radical (unpaired) electrons. The van der Waals surface area contributed by atoms with Gasteiger partial charge in [0.05, 0.1) is 5.75 Å². The third-order valence-corrected chi connectivity index (χ3v) is 5.03. The topological polar surface area (TPSA) is 68.0 Å². The number of amides is 1. The summed E-state index contributed by atoms with van der Waals surface area (Å²) in [5.74, 6) is 1.12. The Hall–Kier alpha value is -2.60. The van der Waals surface area contributed by atoms with Gasteiger partial charge in [0.1, 0.15) is 0 Å². The molecule has 6 heteroatoms. The van der Waals surface area contributed by atoms with Gasteiger partial charge in [-0.25, -0.2) is 0 Å². The Morgan fingerprint density at radius 3 is 2.44 bits per heavy atom. The second-order valence-corrected chi connectivity index (χ2v) is 7.47. The summed E-state index contributed by atoms with van der Waals surface area (Å²) in [6.45, 7) is 6.41. The van der Waals surface area contributed by atoms with Crippen LogP contribution < -0.4 is 5.32 Å². The molecule has 0 aliphatic heterocycles. The predicted molar refractivity (Wildman–Crippen MR) is 109 cm³/mol. The van der Waals surface area contributed by atoms with Crippen molar-refractivity contribution in [1.82, 2.24) is 10.1 Å². The minimum Gasteiger partial charge on any atom is -0.327 e. The van der Waals surface area contributed by atoms with Gasteiger partial charge in [-0.3, -0.25) is 4.79 Å². The van der Waals surface area contributed by atoms with E-state index in [0.717, 1.165) is 17.7 Å². The summed E-state index contributed by atoms with van der Waals surface area (Å²) in [5, 5.41) is 7.26. The molecule has 3 rings (SSSR count). The van der Waals surface area contributed by atoms with E-state index in [1.54, 1.807) is 0 Å². The fourth-order valence-corrected chi connectivity index (χ4v) is 3.12. The highest BCUT2D eigenvalue weighted by Crippen LogP contribution is 2.23. The summed E-state index contributed by atoms with van der Waals surface area (Å²) in [6.07, 6.45) is 0.976. The average molecular weight is 382 g/mol. The number of nitrogens with one attached hydrogen (secondary N) is 1. The monoisotopic (exact) mass is 381 g/mol. The Balaban J connectivity index is 1.54. The fourth-order valence-electron chi connectivity index (χ4n) is 2.55. The molecule has 27 heavy (non-hydrogen) atoms. The van der Waals surface area contributed by atoms with Crippen molar-refractivity contribution in [3.63, 3.8) is 0 Å². The van der Waals surface area contributed by atoms with Crippen molar-refractivity contribution in [3.8, 4) is 11.4 Å². The second kappa shape index (κ2) is 8.86. The van der Waals surface area contributed by atoms with Crippen LogP contribution in [0.15, 0.2) is 58.3 Å². The Labute approximate surface area is 163 Å². The smallest absolute Gasteiger partial charge is 0.286 e. The van der Waals surface area contributed by atoms with Gasteiger partial charge in [0.25, 0.3) is 5.22 Å². The first-order chi connectivity index (χ1) is 13.0. The molecular weight excluding hydrogens is 358 g/mol. The molecule has 1 amide bonds. The van der Waals surface area contributed by atoms with Crippen LogP contribution in [0.25, 0.3) is 11.4 Å². The highest BCUT2D eigenvalue weighted by Gasteiger charge is 2.12. The molecule has 0 aliphatic rings. The van der Waals surface area contributed by atoms with Crippen molar-refractivity contribution in [2.24, 2.45) is 0 Å². The van der Waals surface area contributed by atoms with E-state index in [4.69, 9.17) is 4.52 Å². The van der Waals surface area contributed by atoms with Crippen LogP contribution in [0.4, 0.5) is 5.69 Å². The number of benzene rings is 2. The lowest BCUT2D eigenvalue weighted by atomic mass is 10.0. The molecule has 2 aromatic carbocycles. The van der Waals surface area contributed by atoms with Gasteiger partial charge in [0.2, 0.25) is 11.7 Å². The van der Waals surface area contributed by atoms with Crippen LogP contribution in [-0.4, -0.2) is 21.8 Å². The summed E-state index contributed by atoms with van der Waals surface area (Å²) >= 11 is 1.23. The highest BCUT2D eigenvalue weighted by molar-refractivity contribution is 7.99. The lowest BCUT2D eigenvalue weighted by molar-refractivity contribution is -0.113. The van der Waals surface area contributed by atoms with Crippen LogP contribution >= 0.6 is 11.8 Å². The van der Waals surface area contributed by atoms with Gasteiger partial charge in [-0.2, -0.15) is 4.98 Å². The first-order valence-corrected chi connectivity index (χ1v) is 9.99. The number of thioether (sulfide) groups is 1. The number of nitrogens with zero attached hydrogens (tertiary/aromatic N) is 2. The summed E-state index contributed by atoms with van der Waals surface area (Å²) in [6, 6.07) is 16.0. The van der Waals surface area contributed by atoms with Gasteiger partial charge >= 0.3 is 0 Å². The molecule has 5 nitrogen and oxygen atoms in total. The molecule has 1 N–H and O–H groups in total. The number of carbonyl (C=O) groups excluding carboxylic acids is 1. The van der Waals surface area contributed by atoms with Gasteiger partial charge in [0.15, 0.2) is 0 Å². The minimum atomic E-state index is -0.106. The minimum absolute atomic E-state index is 0.106. The maximum Gasteiger partial charge on any atom is 0.286 e. The summed E-state index contributed by atoms with van der Waals surface area (Å²) in [7, 11) is 0. The molecule has 140 valence electrons. The number of anilines is 1. The van der Waals surface area contributed by atoms with Crippen molar-refractivity contribution in [2.75, 3.05) is 11.1 Å². The number of aromatic nitrogens is 2. The third kappa shape index (κ3) is 5.20. The Morgan fingerprint density at radius 1 is 1.11 bits per heavy atom. The Morgan fingerprint density at radius 2 is 1.81 bits per heavy atom. The van der Waals surface area contributed by atoms with Gasteiger partial charge in [-0.15, -0.1) is 0 Å². The zero-order valence-electron chi connectivity index (χ0n) is 15.7. The highest BCUT2D eigenvalue weighted by atomic mass is 32.2. The van der Waals surface area contributed by atoms with E-state index in [1.165, 1.54) is 22.9 Å². The van der Waals surface area contributed by atoms with Crippen molar-refractivity contribution in [2.45, 2.75) is 38.3 Å². The quantitative estimate of drug-likeness (QED) is 0.573. The van der Waals surface area contributed by atoms with Crippen molar-refractivity contribution in [3.05, 3.63) is 59.7 Å². The molecular formula is C21H23N3O2S. The normalized spacial score (nSPS) is 11.0. The zero-order valence-corrected chi connectivity index (χ0v) is 16.5. The average Bonchev–Trinajstić information content (AvgIpc) is 3.16.